The third-order valence-electron chi connectivity index (χ3n) is 4.07. The van der Waals surface area contributed by atoms with Crippen LogP contribution in [0.5, 0.6) is 5.75 Å². The van der Waals surface area contributed by atoms with Crippen LogP contribution >= 0.6 is 12.2 Å². The van der Waals surface area contributed by atoms with Gasteiger partial charge in [0.15, 0.2) is 10.9 Å². The number of non-ortho nitro benzene ring substituents is 1. The summed E-state index contributed by atoms with van der Waals surface area (Å²) in [4.78, 5) is 33.4. The number of rotatable bonds is 6. The number of thiocarbonyl (C=S) groups is 1. The van der Waals surface area contributed by atoms with E-state index in [-0.39, 0.29) is 45.0 Å². The number of para-hydroxylation sites is 1. The van der Waals surface area contributed by atoms with Crippen molar-refractivity contribution in [3.63, 3.8) is 0 Å². The maximum absolute atomic E-state index is 12.4. The van der Waals surface area contributed by atoms with E-state index >= 15 is 0 Å². The van der Waals surface area contributed by atoms with Crippen molar-refractivity contribution in [1.29, 1.82) is 0 Å². The number of hydrogen-bond donors (Lipinski definition) is 2. The molecule has 0 radical (unpaired) electrons. The van der Waals surface area contributed by atoms with Crippen LogP contribution in [0, 0.1) is 20.2 Å². The van der Waals surface area contributed by atoms with Gasteiger partial charge in [-0.25, -0.2) is 0 Å². The highest BCUT2D eigenvalue weighted by molar-refractivity contribution is 7.80. The zero-order valence-corrected chi connectivity index (χ0v) is 16.7. The summed E-state index contributed by atoms with van der Waals surface area (Å²) in [6.07, 6.45) is 0. The summed E-state index contributed by atoms with van der Waals surface area (Å²) >= 11 is 5.08. The maximum atomic E-state index is 12.4. The van der Waals surface area contributed by atoms with E-state index in [1.165, 1.54) is 55.6 Å². The average Bonchev–Trinajstić information content (AvgIpc) is 3.23. The number of ether oxygens (including phenoxy) is 1. The molecule has 0 aliphatic heterocycles. The van der Waals surface area contributed by atoms with Gasteiger partial charge in [-0.1, -0.05) is 12.1 Å². The van der Waals surface area contributed by atoms with Gasteiger partial charge in [0.25, 0.3) is 17.3 Å². The van der Waals surface area contributed by atoms with E-state index in [4.69, 9.17) is 21.4 Å². The van der Waals surface area contributed by atoms with Gasteiger partial charge in [0.05, 0.1) is 28.2 Å². The summed E-state index contributed by atoms with van der Waals surface area (Å²) in [5, 5.41) is 27.0. The summed E-state index contributed by atoms with van der Waals surface area (Å²) in [7, 11) is 1.38. The van der Waals surface area contributed by atoms with Gasteiger partial charge in [-0.2, -0.15) is 0 Å². The number of anilines is 1. The van der Waals surface area contributed by atoms with Crippen molar-refractivity contribution in [3.05, 3.63) is 80.6 Å². The predicted octanol–water partition coefficient (Wildman–Crippen LogP) is 3.90. The zero-order chi connectivity index (χ0) is 22.5. The molecule has 2 N–H and O–H groups in total. The Morgan fingerprint density at radius 1 is 1.06 bits per heavy atom. The predicted molar refractivity (Wildman–Crippen MR) is 114 cm³/mol. The van der Waals surface area contributed by atoms with Gasteiger partial charge >= 0.3 is 0 Å². The Morgan fingerprint density at radius 2 is 1.81 bits per heavy atom. The number of nitrogens with zero attached hydrogens (tertiary/aromatic N) is 2. The zero-order valence-electron chi connectivity index (χ0n) is 15.9. The Morgan fingerprint density at radius 3 is 2.48 bits per heavy atom. The lowest BCUT2D eigenvalue weighted by Gasteiger charge is -2.12. The standard InChI is InChI=1S/C19H14N4O7S/c1-29-16-7-6-11(22(25)26)10-13(16)20-19(31)21-18(24)17-9-8-15(30-17)12-4-2-3-5-14(12)23(27)28/h2-10H,1H3,(H2,20,21,24,31). The lowest BCUT2D eigenvalue weighted by molar-refractivity contribution is -0.384. The molecule has 3 aromatic rings. The number of amides is 1. The largest absolute Gasteiger partial charge is 0.495 e. The van der Waals surface area contributed by atoms with Crippen molar-refractivity contribution >= 4 is 40.3 Å². The first-order valence-corrected chi connectivity index (χ1v) is 8.99. The molecule has 2 aromatic carbocycles. The smallest absolute Gasteiger partial charge is 0.293 e. The Hall–Kier alpha value is -4.32. The minimum atomic E-state index is -0.716. The van der Waals surface area contributed by atoms with Crippen LogP contribution in [0.3, 0.4) is 0 Å². The number of carbonyl (C=O) groups is 1. The molecule has 0 aliphatic carbocycles. The summed E-state index contributed by atoms with van der Waals surface area (Å²) in [6.45, 7) is 0. The average molecular weight is 442 g/mol. The molecule has 1 amide bonds. The molecule has 0 unspecified atom stereocenters. The van der Waals surface area contributed by atoms with Crippen LogP contribution in [0.15, 0.2) is 59.0 Å². The lowest BCUT2D eigenvalue weighted by atomic mass is 10.1. The van der Waals surface area contributed by atoms with E-state index < -0.39 is 15.8 Å². The Kier molecular flexibility index (Phi) is 6.21. The molecule has 0 spiro atoms. The van der Waals surface area contributed by atoms with Crippen molar-refractivity contribution in [3.8, 4) is 17.1 Å². The van der Waals surface area contributed by atoms with E-state index in [2.05, 4.69) is 10.6 Å². The van der Waals surface area contributed by atoms with Gasteiger partial charge in [0, 0.05) is 18.2 Å². The minimum Gasteiger partial charge on any atom is -0.495 e. The molecule has 3 rings (SSSR count). The van der Waals surface area contributed by atoms with Crippen LogP contribution in [-0.2, 0) is 0 Å². The summed E-state index contributed by atoms with van der Waals surface area (Å²) in [6, 6.07) is 12.6. The van der Waals surface area contributed by atoms with Crippen LogP contribution in [0.4, 0.5) is 17.1 Å². The molecule has 158 valence electrons. The third kappa shape index (κ3) is 4.82. The molecule has 0 fully saturated rings. The molecule has 11 nitrogen and oxygen atoms in total. The fourth-order valence-electron chi connectivity index (χ4n) is 2.67. The van der Waals surface area contributed by atoms with Gasteiger partial charge in [0.1, 0.15) is 11.5 Å². The van der Waals surface area contributed by atoms with Gasteiger partial charge in [-0.15, -0.1) is 0 Å². The molecule has 0 bridgehead atoms. The first-order chi connectivity index (χ1) is 14.8. The fraction of sp³-hybridized carbons (Fsp3) is 0.0526. The van der Waals surface area contributed by atoms with E-state index in [0.29, 0.717) is 0 Å². The van der Waals surface area contributed by atoms with Crippen molar-refractivity contribution in [2.45, 2.75) is 0 Å². The quantitative estimate of drug-likeness (QED) is 0.329. The van der Waals surface area contributed by atoms with E-state index in [9.17, 15) is 25.0 Å². The molecule has 12 heteroatoms. The fourth-order valence-corrected chi connectivity index (χ4v) is 2.87. The molecule has 31 heavy (non-hydrogen) atoms. The summed E-state index contributed by atoms with van der Waals surface area (Å²) in [5.41, 5.74) is 0.0342. The van der Waals surface area contributed by atoms with Crippen LogP contribution in [0.2, 0.25) is 0 Å². The summed E-state index contributed by atoms with van der Waals surface area (Å²) in [5.74, 6) is -0.439. The number of nitro benzene ring substituents is 2. The van der Waals surface area contributed by atoms with Gasteiger partial charge in [0.2, 0.25) is 0 Å². The second-order valence-electron chi connectivity index (χ2n) is 5.99. The maximum Gasteiger partial charge on any atom is 0.293 e. The molecule has 1 aromatic heterocycles. The molecule has 0 atom stereocenters. The highest BCUT2D eigenvalue weighted by atomic mass is 32.1. The molecular formula is C19H14N4O7S. The molecule has 0 saturated heterocycles. The van der Waals surface area contributed by atoms with Crippen molar-refractivity contribution in [1.82, 2.24) is 5.32 Å². The normalized spacial score (nSPS) is 10.2. The van der Waals surface area contributed by atoms with Crippen LogP contribution in [0.1, 0.15) is 10.6 Å². The number of furan rings is 1. The first-order valence-electron chi connectivity index (χ1n) is 8.58. The van der Waals surface area contributed by atoms with Crippen LogP contribution in [-0.4, -0.2) is 28.0 Å². The van der Waals surface area contributed by atoms with Gasteiger partial charge < -0.3 is 14.5 Å². The number of carbonyl (C=O) groups excluding carboxylic acids is 1. The van der Waals surface area contributed by atoms with Crippen LogP contribution in [0.25, 0.3) is 11.3 Å². The van der Waals surface area contributed by atoms with Gasteiger partial charge in [-0.3, -0.25) is 30.3 Å². The second kappa shape index (κ2) is 9.00. The monoisotopic (exact) mass is 442 g/mol. The van der Waals surface area contributed by atoms with E-state index in [1.54, 1.807) is 6.07 Å². The van der Waals surface area contributed by atoms with Gasteiger partial charge in [-0.05, 0) is 36.5 Å². The highest BCUT2D eigenvalue weighted by Crippen LogP contribution is 2.31. The van der Waals surface area contributed by atoms with Crippen molar-refractivity contribution in [2.24, 2.45) is 0 Å². The second-order valence-corrected chi connectivity index (χ2v) is 6.40. The molecule has 1 heterocycles. The first kappa shape index (κ1) is 21.4. The summed E-state index contributed by atoms with van der Waals surface area (Å²) < 4.78 is 10.6. The van der Waals surface area contributed by atoms with Crippen molar-refractivity contribution in [2.75, 3.05) is 12.4 Å². The Balaban J connectivity index is 1.75. The molecule has 0 saturated carbocycles. The highest BCUT2D eigenvalue weighted by Gasteiger charge is 2.20. The Labute approximate surface area is 179 Å². The number of methoxy groups -OCH3 is 1. The van der Waals surface area contributed by atoms with E-state index in [1.807, 2.05) is 0 Å². The SMILES string of the molecule is COc1ccc([N+](=O)[O-])cc1NC(=S)NC(=O)c1ccc(-c2ccccc2[N+](=O)[O-])o1. The Bertz CT molecular complexity index is 1190. The number of nitrogens with one attached hydrogen (secondary N) is 2. The van der Waals surface area contributed by atoms with Crippen LogP contribution < -0.4 is 15.4 Å². The minimum absolute atomic E-state index is 0.136. The lowest BCUT2D eigenvalue weighted by Crippen LogP contribution is -2.34. The topological polar surface area (TPSA) is 150 Å². The third-order valence-corrected chi connectivity index (χ3v) is 4.27. The number of benzene rings is 2. The molecular weight excluding hydrogens is 428 g/mol. The molecule has 0 aliphatic rings. The van der Waals surface area contributed by atoms with E-state index in [0.717, 1.165) is 0 Å². The number of hydrogen-bond acceptors (Lipinski definition) is 8. The number of nitro groups is 2. The van der Waals surface area contributed by atoms with Crippen molar-refractivity contribution < 1.29 is 23.8 Å².